The highest BCUT2D eigenvalue weighted by molar-refractivity contribution is 5.47. The molecule has 0 aliphatic rings. The van der Waals surface area contributed by atoms with Crippen LogP contribution in [0.5, 0.6) is 0 Å². The van der Waals surface area contributed by atoms with Gasteiger partial charge in [0.05, 0.1) is 11.6 Å². The molecule has 84 valence electrons. The van der Waals surface area contributed by atoms with E-state index < -0.39 is 5.60 Å². The number of anilines is 1. The molecule has 15 heavy (non-hydrogen) atoms. The van der Waals surface area contributed by atoms with Gasteiger partial charge in [0.25, 0.3) is 0 Å². The predicted molar refractivity (Wildman–Crippen MR) is 61.3 cm³/mol. The van der Waals surface area contributed by atoms with Gasteiger partial charge in [-0.2, -0.15) is 0 Å². The Morgan fingerprint density at radius 1 is 1.60 bits per heavy atom. The first-order valence-electron chi connectivity index (χ1n) is 5.05. The average molecular weight is 209 g/mol. The van der Waals surface area contributed by atoms with Crippen LogP contribution in [-0.4, -0.2) is 17.7 Å². The Balaban J connectivity index is 3.03. The summed E-state index contributed by atoms with van der Waals surface area (Å²) in [6, 6.07) is 1.49. The molecule has 0 saturated heterocycles. The Morgan fingerprint density at radius 3 is 2.73 bits per heavy atom. The van der Waals surface area contributed by atoms with E-state index in [0.717, 1.165) is 12.0 Å². The zero-order valence-electron chi connectivity index (χ0n) is 9.53. The van der Waals surface area contributed by atoms with Crippen LogP contribution in [0.2, 0.25) is 0 Å². The topological polar surface area (TPSA) is 74.2 Å². The molecule has 0 saturated carbocycles. The van der Waals surface area contributed by atoms with Gasteiger partial charge in [-0.15, -0.1) is 0 Å². The Bertz CT molecular complexity index is 323. The summed E-state index contributed by atoms with van der Waals surface area (Å²) in [6.07, 6.45) is 4.17. The average Bonchev–Trinajstić information content (AvgIpc) is 2.28. The van der Waals surface area contributed by atoms with Crippen LogP contribution in [-0.2, 0) is 4.74 Å². The van der Waals surface area contributed by atoms with Gasteiger partial charge in [0.15, 0.2) is 0 Å². The van der Waals surface area contributed by atoms with Crippen molar-refractivity contribution < 1.29 is 4.74 Å². The SMILES string of the molecule is CCC(C)(OC)C(N)c1cnccc1N. The van der Waals surface area contributed by atoms with Crippen molar-refractivity contribution in [1.29, 1.82) is 0 Å². The zero-order valence-corrected chi connectivity index (χ0v) is 9.53. The molecule has 1 aromatic rings. The molecule has 0 radical (unpaired) electrons. The number of hydrogen-bond acceptors (Lipinski definition) is 4. The van der Waals surface area contributed by atoms with Crippen molar-refractivity contribution in [2.45, 2.75) is 31.9 Å². The quantitative estimate of drug-likeness (QED) is 0.787. The minimum absolute atomic E-state index is 0.263. The molecular formula is C11H19N3O. The van der Waals surface area contributed by atoms with Gasteiger partial charge in [-0.3, -0.25) is 4.98 Å². The minimum Gasteiger partial charge on any atom is -0.398 e. The summed E-state index contributed by atoms with van der Waals surface area (Å²) in [5.74, 6) is 0. The van der Waals surface area contributed by atoms with E-state index in [0.29, 0.717) is 5.69 Å². The van der Waals surface area contributed by atoms with Crippen LogP contribution in [0.3, 0.4) is 0 Å². The fraction of sp³-hybridized carbons (Fsp3) is 0.545. The van der Waals surface area contributed by atoms with Gasteiger partial charge in [0, 0.05) is 30.8 Å². The van der Waals surface area contributed by atoms with Gasteiger partial charge < -0.3 is 16.2 Å². The second-order valence-corrected chi connectivity index (χ2v) is 3.85. The maximum atomic E-state index is 6.15. The number of nitrogens with two attached hydrogens (primary N) is 2. The minimum atomic E-state index is -0.406. The van der Waals surface area contributed by atoms with Crippen LogP contribution in [0.25, 0.3) is 0 Å². The molecule has 0 aliphatic carbocycles. The highest BCUT2D eigenvalue weighted by atomic mass is 16.5. The van der Waals surface area contributed by atoms with E-state index in [2.05, 4.69) is 4.98 Å². The highest BCUT2D eigenvalue weighted by Gasteiger charge is 2.32. The summed E-state index contributed by atoms with van der Waals surface area (Å²) in [4.78, 5) is 4.03. The van der Waals surface area contributed by atoms with E-state index in [4.69, 9.17) is 16.2 Å². The van der Waals surface area contributed by atoms with E-state index in [1.54, 1.807) is 25.6 Å². The summed E-state index contributed by atoms with van der Waals surface area (Å²) in [5, 5.41) is 0. The summed E-state index contributed by atoms with van der Waals surface area (Å²) < 4.78 is 5.45. The zero-order chi connectivity index (χ0) is 11.5. The van der Waals surface area contributed by atoms with Crippen molar-refractivity contribution in [2.24, 2.45) is 5.73 Å². The molecule has 4 nitrogen and oxygen atoms in total. The first kappa shape index (κ1) is 11.9. The monoisotopic (exact) mass is 209 g/mol. The molecule has 0 aliphatic heterocycles. The Morgan fingerprint density at radius 2 is 2.27 bits per heavy atom. The van der Waals surface area contributed by atoms with E-state index in [9.17, 15) is 0 Å². The van der Waals surface area contributed by atoms with Gasteiger partial charge >= 0.3 is 0 Å². The van der Waals surface area contributed by atoms with E-state index in [1.165, 1.54) is 0 Å². The highest BCUT2D eigenvalue weighted by Crippen LogP contribution is 2.31. The third-order valence-electron chi connectivity index (χ3n) is 3.05. The molecule has 2 unspecified atom stereocenters. The number of pyridine rings is 1. The number of methoxy groups -OCH3 is 1. The molecule has 0 fully saturated rings. The van der Waals surface area contributed by atoms with Crippen LogP contribution in [0.4, 0.5) is 5.69 Å². The van der Waals surface area contributed by atoms with Crippen molar-refractivity contribution in [3.8, 4) is 0 Å². The van der Waals surface area contributed by atoms with Crippen molar-refractivity contribution in [1.82, 2.24) is 4.98 Å². The lowest BCUT2D eigenvalue weighted by molar-refractivity contribution is -0.0193. The number of nitrogen functional groups attached to an aromatic ring is 1. The summed E-state index contributed by atoms with van der Waals surface area (Å²) in [7, 11) is 1.66. The van der Waals surface area contributed by atoms with Crippen molar-refractivity contribution in [3.05, 3.63) is 24.0 Å². The maximum Gasteiger partial charge on any atom is 0.0841 e. The lowest BCUT2D eigenvalue weighted by atomic mass is 9.88. The summed E-state index contributed by atoms with van der Waals surface area (Å²) >= 11 is 0. The third-order valence-corrected chi connectivity index (χ3v) is 3.05. The first-order chi connectivity index (χ1) is 7.05. The molecule has 2 atom stereocenters. The summed E-state index contributed by atoms with van der Waals surface area (Å²) in [6.45, 7) is 4.01. The standard InChI is InChI=1S/C11H19N3O/c1-4-11(2,15-3)10(13)8-7-14-6-5-9(8)12/h5-7,10H,4,13H2,1-3H3,(H2,12,14). The van der Waals surface area contributed by atoms with Crippen LogP contribution in [0.15, 0.2) is 18.5 Å². The van der Waals surface area contributed by atoms with Gasteiger partial charge in [-0.25, -0.2) is 0 Å². The third kappa shape index (κ3) is 2.27. The lowest BCUT2D eigenvalue weighted by Crippen LogP contribution is -2.40. The van der Waals surface area contributed by atoms with E-state index >= 15 is 0 Å². The molecule has 0 aromatic carbocycles. The number of hydrogen-bond donors (Lipinski definition) is 2. The van der Waals surface area contributed by atoms with Gasteiger partial charge in [-0.05, 0) is 19.4 Å². The molecule has 0 bridgehead atoms. The Labute approximate surface area is 90.6 Å². The molecule has 1 aromatic heterocycles. The van der Waals surface area contributed by atoms with Crippen LogP contribution in [0, 0.1) is 0 Å². The second kappa shape index (κ2) is 4.59. The molecule has 0 spiro atoms. The van der Waals surface area contributed by atoms with Crippen LogP contribution >= 0.6 is 0 Å². The van der Waals surface area contributed by atoms with Crippen molar-refractivity contribution in [3.63, 3.8) is 0 Å². The predicted octanol–water partition coefficient (Wildman–Crippen LogP) is 1.48. The van der Waals surface area contributed by atoms with Gasteiger partial charge in [0.1, 0.15) is 0 Å². The molecule has 4 heteroatoms. The van der Waals surface area contributed by atoms with Gasteiger partial charge in [-0.1, -0.05) is 6.92 Å². The maximum absolute atomic E-state index is 6.15. The fourth-order valence-electron chi connectivity index (χ4n) is 1.50. The molecular weight excluding hydrogens is 190 g/mol. The van der Waals surface area contributed by atoms with Gasteiger partial charge in [0.2, 0.25) is 0 Å². The van der Waals surface area contributed by atoms with E-state index in [-0.39, 0.29) is 6.04 Å². The van der Waals surface area contributed by atoms with E-state index in [1.807, 2.05) is 13.8 Å². The largest absolute Gasteiger partial charge is 0.398 e. The lowest BCUT2D eigenvalue weighted by Gasteiger charge is -2.33. The molecule has 1 heterocycles. The number of aromatic nitrogens is 1. The number of rotatable bonds is 4. The molecule has 1 rings (SSSR count). The number of ether oxygens (including phenoxy) is 1. The smallest absolute Gasteiger partial charge is 0.0841 e. The molecule has 4 N–H and O–H groups in total. The summed E-state index contributed by atoms with van der Waals surface area (Å²) in [5.41, 5.74) is 13.1. The van der Waals surface area contributed by atoms with Crippen molar-refractivity contribution in [2.75, 3.05) is 12.8 Å². The van der Waals surface area contributed by atoms with Crippen molar-refractivity contribution >= 4 is 5.69 Å². The number of nitrogens with zero attached hydrogens (tertiary/aromatic N) is 1. The first-order valence-corrected chi connectivity index (χ1v) is 5.05. The normalized spacial score (nSPS) is 17.1. The van der Waals surface area contributed by atoms with Crippen LogP contribution in [0.1, 0.15) is 31.9 Å². The van der Waals surface area contributed by atoms with Crippen LogP contribution < -0.4 is 11.5 Å². The fourth-order valence-corrected chi connectivity index (χ4v) is 1.50. The Hall–Kier alpha value is -1.13. The Kier molecular flexibility index (Phi) is 3.66. The second-order valence-electron chi connectivity index (χ2n) is 3.85. The molecule has 0 amide bonds.